The van der Waals surface area contributed by atoms with E-state index < -0.39 is 5.97 Å². The molecule has 0 atom stereocenters. The maximum Gasteiger partial charge on any atom is 0.350 e. The molecule has 1 N–H and O–H groups in total. The van der Waals surface area contributed by atoms with Gasteiger partial charge in [0.25, 0.3) is 5.91 Å². The van der Waals surface area contributed by atoms with Crippen LogP contribution in [-0.4, -0.2) is 30.0 Å². The number of hydrogen-bond donors (Lipinski definition) is 1. The Bertz CT molecular complexity index is 874. The fourth-order valence-corrected chi connectivity index (χ4v) is 3.99. The van der Waals surface area contributed by atoms with E-state index in [9.17, 15) is 9.59 Å². The van der Waals surface area contributed by atoms with E-state index in [0.29, 0.717) is 17.1 Å². The molecule has 0 bridgehead atoms. The molecular formula is C19H18N2O3S2. The Balaban J connectivity index is 1.50. The van der Waals surface area contributed by atoms with Gasteiger partial charge in [0.15, 0.2) is 6.61 Å². The van der Waals surface area contributed by atoms with Crippen molar-refractivity contribution in [1.29, 1.82) is 0 Å². The maximum absolute atomic E-state index is 12.2. The number of thiazole rings is 1. The summed E-state index contributed by atoms with van der Waals surface area (Å²) in [7, 11) is 0. The molecule has 0 aliphatic heterocycles. The number of nitrogens with zero attached hydrogens (tertiary/aromatic N) is 1. The minimum atomic E-state index is -0.518. The maximum atomic E-state index is 12.2. The van der Waals surface area contributed by atoms with Crippen LogP contribution in [0.4, 0.5) is 0 Å². The van der Waals surface area contributed by atoms with Gasteiger partial charge in [-0.25, -0.2) is 9.78 Å². The third-order valence-corrected chi connectivity index (χ3v) is 5.73. The third-order valence-electron chi connectivity index (χ3n) is 3.61. The lowest BCUT2D eigenvalue weighted by Gasteiger charge is -2.05. The van der Waals surface area contributed by atoms with E-state index in [-0.39, 0.29) is 12.5 Å². The van der Waals surface area contributed by atoms with Crippen LogP contribution in [0.5, 0.6) is 0 Å². The highest BCUT2D eigenvalue weighted by molar-refractivity contribution is 7.17. The Hall–Kier alpha value is -2.51. The lowest BCUT2D eigenvalue weighted by molar-refractivity contribution is -0.124. The third kappa shape index (κ3) is 4.77. The van der Waals surface area contributed by atoms with Gasteiger partial charge >= 0.3 is 5.97 Å². The highest BCUT2D eigenvalue weighted by atomic mass is 32.1. The Labute approximate surface area is 159 Å². The molecule has 1 amide bonds. The van der Waals surface area contributed by atoms with Crippen LogP contribution in [-0.2, 0) is 16.0 Å². The molecule has 26 heavy (non-hydrogen) atoms. The molecule has 2 aromatic heterocycles. The average Bonchev–Trinajstić information content (AvgIpc) is 3.30. The summed E-state index contributed by atoms with van der Waals surface area (Å²) in [4.78, 5) is 30.1. The van der Waals surface area contributed by atoms with Gasteiger partial charge in [0, 0.05) is 17.0 Å². The van der Waals surface area contributed by atoms with Crippen molar-refractivity contribution in [3.05, 3.63) is 63.3 Å². The number of carbonyl (C=O) groups excluding carboxylic acids is 2. The van der Waals surface area contributed by atoms with Gasteiger partial charge in [0.05, 0.1) is 5.69 Å². The van der Waals surface area contributed by atoms with Crippen molar-refractivity contribution < 1.29 is 14.3 Å². The molecule has 0 radical (unpaired) electrons. The summed E-state index contributed by atoms with van der Waals surface area (Å²) in [6.45, 7) is 2.00. The second-order valence-electron chi connectivity index (χ2n) is 5.56. The number of rotatable bonds is 7. The van der Waals surface area contributed by atoms with Gasteiger partial charge in [-0.05, 0) is 24.8 Å². The SMILES string of the molecule is Cc1nc(-c2ccccc2)sc1C(=O)OCC(=O)NCCc1cccs1. The van der Waals surface area contributed by atoms with Crippen LogP contribution in [0.3, 0.4) is 0 Å². The molecule has 7 heteroatoms. The fourth-order valence-electron chi connectivity index (χ4n) is 2.32. The predicted molar refractivity (Wildman–Crippen MR) is 104 cm³/mol. The molecule has 2 heterocycles. The van der Waals surface area contributed by atoms with Gasteiger partial charge < -0.3 is 10.1 Å². The van der Waals surface area contributed by atoms with Crippen molar-refractivity contribution in [3.8, 4) is 10.6 Å². The van der Waals surface area contributed by atoms with Crippen molar-refractivity contribution in [2.24, 2.45) is 0 Å². The molecule has 0 aliphatic carbocycles. The first-order valence-electron chi connectivity index (χ1n) is 8.12. The van der Waals surface area contributed by atoms with E-state index >= 15 is 0 Å². The quantitative estimate of drug-likeness (QED) is 0.629. The van der Waals surface area contributed by atoms with Crippen LogP contribution in [0.1, 0.15) is 20.2 Å². The van der Waals surface area contributed by atoms with Crippen LogP contribution in [0, 0.1) is 6.92 Å². The van der Waals surface area contributed by atoms with E-state index in [4.69, 9.17) is 4.74 Å². The van der Waals surface area contributed by atoms with Crippen LogP contribution >= 0.6 is 22.7 Å². The van der Waals surface area contributed by atoms with Crippen LogP contribution in [0.15, 0.2) is 47.8 Å². The average molecular weight is 386 g/mol. The van der Waals surface area contributed by atoms with E-state index in [1.165, 1.54) is 16.2 Å². The first-order chi connectivity index (χ1) is 12.6. The predicted octanol–water partition coefficient (Wildman–Crippen LogP) is 3.70. The lowest BCUT2D eigenvalue weighted by Crippen LogP contribution is -2.30. The lowest BCUT2D eigenvalue weighted by atomic mass is 10.2. The molecule has 3 rings (SSSR count). The molecule has 134 valence electrons. The zero-order chi connectivity index (χ0) is 18.4. The highest BCUT2D eigenvalue weighted by Gasteiger charge is 2.18. The summed E-state index contributed by atoms with van der Waals surface area (Å²) in [5.41, 5.74) is 1.56. The summed E-state index contributed by atoms with van der Waals surface area (Å²) in [6, 6.07) is 13.6. The summed E-state index contributed by atoms with van der Waals surface area (Å²) < 4.78 is 5.13. The molecule has 0 fully saturated rings. The Morgan fingerprint density at radius 2 is 1.96 bits per heavy atom. The molecule has 0 spiro atoms. The normalized spacial score (nSPS) is 10.5. The smallest absolute Gasteiger partial charge is 0.350 e. The van der Waals surface area contributed by atoms with E-state index in [2.05, 4.69) is 10.3 Å². The molecule has 0 unspecified atom stereocenters. The molecule has 0 saturated heterocycles. The Morgan fingerprint density at radius 3 is 2.69 bits per heavy atom. The first kappa shape index (κ1) is 18.3. The topological polar surface area (TPSA) is 68.3 Å². The number of ether oxygens (including phenoxy) is 1. The number of esters is 1. The first-order valence-corrected chi connectivity index (χ1v) is 9.82. The largest absolute Gasteiger partial charge is 0.451 e. The van der Waals surface area contributed by atoms with Crippen molar-refractivity contribution in [2.75, 3.05) is 13.2 Å². The number of benzene rings is 1. The second-order valence-corrected chi connectivity index (χ2v) is 7.59. The van der Waals surface area contributed by atoms with Crippen molar-refractivity contribution in [3.63, 3.8) is 0 Å². The van der Waals surface area contributed by atoms with Gasteiger partial charge in [-0.3, -0.25) is 4.79 Å². The zero-order valence-electron chi connectivity index (χ0n) is 14.2. The van der Waals surface area contributed by atoms with Crippen LogP contribution in [0.25, 0.3) is 10.6 Å². The van der Waals surface area contributed by atoms with Crippen molar-refractivity contribution in [1.82, 2.24) is 10.3 Å². The molecular weight excluding hydrogens is 368 g/mol. The summed E-state index contributed by atoms with van der Waals surface area (Å²) >= 11 is 2.92. The summed E-state index contributed by atoms with van der Waals surface area (Å²) in [5.74, 6) is -0.823. The Morgan fingerprint density at radius 1 is 1.15 bits per heavy atom. The van der Waals surface area contributed by atoms with Crippen molar-refractivity contribution >= 4 is 34.6 Å². The highest BCUT2D eigenvalue weighted by Crippen LogP contribution is 2.28. The number of thiophene rings is 1. The van der Waals surface area contributed by atoms with Gasteiger partial charge in [-0.15, -0.1) is 22.7 Å². The van der Waals surface area contributed by atoms with E-state index in [1.807, 2.05) is 47.8 Å². The number of aromatic nitrogens is 1. The van der Waals surface area contributed by atoms with E-state index in [0.717, 1.165) is 17.0 Å². The van der Waals surface area contributed by atoms with Gasteiger partial charge in [-0.2, -0.15) is 0 Å². The number of aryl methyl sites for hydroxylation is 1. The standard InChI is InChI=1S/C19H18N2O3S2/c1-13-17(26-18(21-13)14-6-3-2-4-7-14)19(23)24-12-16(22)20-10-9-15-8-5-11-25-15/h2-8,11H,9-10,12H2,1H3,(H,20,22). The number of amides is 1. The number of carbonyl (C=O) groups is 2. The van der Waals surface area contributed by atoms with Gasteiger partial charge in [0.2, 0.25) is 0 Å². The minimum absolute atomic E-state index is 0.290. The van der Waals surface area contributed by atoms with Crippen molar-refractivity contribution in [2.45, 2.75) is 13.3 Å². The van der Waals surface area contributed by atoms with Crippen LogP contribution in [0.2, 0.25) is 0 Å². The van der Waals surface area contributed by atoms with Gasteiger partial charge in [-0.1, -0.05) is 36.4 Å². The fraction of sp³-hybridized carbons (Fsp3) is 0.211. The summed E-state index contributed by atoms with van der Waals surface area (Å²) in [5, 5.41) is 5.51. The Kier molecular flexibility index (Phi) is 6.14. The number of nitrogens with one attached hydrogen (secondary N) is 1. The zero-order valence-corrected chi connectivity index (χ0v) is 15.9. The summed E-state index contributed by atoms with van der Waals surface area (Å²) in [6.07, 6.45) is 0.770. The molecule has 5 nitrogen and oxygen atoms in total. The number of hydrogen-bond acceptors (Lipinski definition) is 6. The molecule has 3 aromatic rings. The molecule has 0 saturated carbocycles. The van der Waals surface area contributed by atoms with E-state index in [1.54, 1.807) is 18.3 Å². The monoisotopic (exact) mass is 386 g/mol. The second kappa shape index (κ2) is 8.73. The molecule has 1 aromatic carbocycles. The minimum Gasteiger partial charge on any atom is -0.451 e. The van der Waals surface area contributed by atoms with Gasteiger partial charge in [0.1, 0.15) is 9.88 Å². The molecule has 0 aliphatic rings. The van der Waals surface area contributed by atoms with Crippen LogP contribution < -0.4 is 5.32 Å².